The van der Waals surface area contributed by atoms with Crippen molar-refractivity contribution in [1.29, 1.82) is 0 Å². The Morgan fingerprint density at radius 3 is 2.39 bits per heavy atom. The van der Waals surface area contributed by atoms with Crippen molar-refractivity contribution >= 4 is 5.91 Å². The van der Waals surface area contributed by atoms with Crippen molar-refractivity contribution in [2.24, 2.45) is 22.7 Å². The molecule has 1 heterocycles. The molecule has 0 bridgehead atoms. The minimum absolute atomic E-state index is 0.167. The molecule has 3 nitrogen and oxygen atoms in total. The quantitative estimate of drug-likeness (QED) is 0.834. The summed E-state index contributed by atoms with van der Waals surface area (Å²) in [4.78, 5) is 14.8. The summed E-state index contributed by atoms with van der Waals surface area (Å²) in [6, 6.07) is 0. The van der Waals surface area contributed by atoms with Crippen LogP contribution < -0.4 is 5.32 Å². The number of amides is 1. The second-order valence-electron chi connectivity index (χ2n) is 7.23. The van der Waals surface area contributed by atoms with Gasteiger partial charge in [0.25, 0.3) is 0 Å². The minimum atomic E-state index is 0.167. The lowest BCUT2D eigenvalue weighted by Gasteiger charge is -2.33. The van der Waals surface area contributed by atoms with E-state index in [2.05, 4.69) is 37.9 Å². The van der Waals surface area contributed by atoms with Crippen molar-refractivity contribution in [3.63, 3.8) is 0 Å². The summed E-state index contributed by atoms with van der Waals surface area (Å²) >= 11 is 0. The summed E-state index contributed by atoms with van der Waals surface area (Å²) in [6.45, 7) is 11.8. The van der Waals surface area contributed by atoms with Crippen LogP contribution in [-0.4, -0.2) is 37.5 Å². The highest BCUT2D eigenvalue weighted by Crippen LogP contribution is 2.68. The van der Waals surface area contributed by atoms with E-state index in [0.717, 1.165) is 26.1 Å². The first-order valence-electron chi connectivity index (χ1n) is 7.25. The van der Waals surface area contributed by atoms with Gasteiger partial charge < -0.3 is 10.2 Å². The number of rotatable bonds is 3. The highest BCUT2D eigenvalue weighted by Gasteiger charge is 2.68. The molecule has 0 aromatic carbocycles. The van der Waals surface area contributed by atoms with Crippen LogP contribution in [0.3, 0.4) is 0 Å². The molecule has 1 aliphatic carbocycles. The Balaban J connectivity index is 1.98. The molecule has 2 rings (SSSR count). The normalized spacial score (nSPS) is 30.3. The van der Waals surface area contributed by atoms with Gasteiger partial charge in [-0.25, -0.2) is 0 Å². The van der Waals surface area contributed by atoms with Crippen LogP contribution in [0.1, 0.15) is 40.5 Å². The average Bonchev–Trinajstić information content (AvgIpc) is 2.69. The Kier molecular flexibility index (Phi) is 3.48. The summed E-state index contributed by atoms with van der Waals surface area (Å²) in [7, 11) is 1.99. The standard InChI is InChI=1S/C15H28N2O/c1-14(2)12(15(14,3)4)13(18)17-8-6-7-11(10-17)9-16-5/h11-12,16H,6-10H2,1-5H3. The van der Waals surface area contributed by atoms with Crippen LogP contribution in [0, 0.1) is 22.7 Å². The van der Waals surface area contributed by atoms with E-state index in [-0.39, 0.29) is 16.7 Å². The van der Waals surface area contributed by atoms with Gasteiger partial charge in [0.05, 0.1) is 0 Å². The molecule has 0 spiro atoms. The molecular formula is C15H28N2O. The zero-order valence-electron chi connectivity index (χ0n) is 12.5. The van der Waals surface area contributed by atoms with E-state index in [0.29, 0.717) is 11.8 Å². The summed E-state index contributed by atoms with van der Waals surface area (Å²) in [5, 5.41) is 3.24. The molecule has 1 saturated heterocycles. The first kappa shape index (κ1) is 13.9. The molecule has 18 heavy (non-hydrogen) atoms. The third kappa shape index (κ3) is 2.07. The van der Waals surface area contributed by atoms with E-state index in [9.17, 15) is 4.79 Å². The van der Waals surface area contributed by atoms with Crippen LogP contribution in [0.4, 0.5) is 0 Å². The Morgan fingerprint density at radius 2 is 1.89 bits per heavy atom. The second-order valence-corrected chi connectivity index (χ2v) is 7.23. The number of carbonyl (C=O) groups excluding carboxylic acids is 1. The third-order valence-corrected chi connectivity index (χ3v) is 5.59. The zero-order chi connectivity index (χ0) is 13.6. The van der Waals surface area contributed by atoms with Gasteiger partial charge in [-0.3, -0.25) is 4.79 Å². The fourth-order valence-corrected chi connectivity index (χ4v) is 3.72. The fraction of sp³-hybridized carbons (Fsp3) is 0.933. The maximum absolute atomic E-state index is 12.6. The molecule has 3 heteroatoms. The summed E-state index contributed by atoms with van der Waals surface area (Å²) in [5.41, 5.74) is 0.333. The van der Waals surface area contributed by atoms with Crippen molar-refractivity contribution in [2.45, 2.75) is 40.5 Å². The highest BCUT2D eigenvalue weighted by molar-refractivity contribution is 5.84. The third-order valence-electron chi connectivity index (χ3n) is 5.59. The van der Waals surface area contributed by atoms with Crippen molar-refractivity contribution in [1.82, 2.24) is 10.2 Å². The Hall–Kier alpha value is -0.570. The Morgan fingerprint density at radius 1 is 1.28 bits per heavy atom. The lowest BCUT2D eigenvalue weighted by atomic mass is 9.97. The largest absolute Gasteiger partial charge is 0.342 e. The van der Waals surface area contributed by atoms with E-state index in [1.807, 2.05) is 7.05 Å². The molecule has 0 aromatic heterocycles. The molecule has 1 unspecified atom stereocenters. The van der Waals surface area contributed by atoms with Gasteiger partial charge in [-0.1, -0.05) is 27.7 Å². The van der Waals surface area contributed by atoms with E-state index in [1.54, 1.807) is 0 Å². The predicted molar refractivity (Wildman–Crippen MR) is 74.3 cm³/mol. The maximum atomic E-state index is 12.6. The molecule has 1 N–H and O–H groups in total. The van der Waals surface area contributed by atoms with E-state index in [4.69, 9.17) is 0 Å². The van der Waals surface area contributed by atoms with Gasteiger partial charge in [0, 0.05) is 19.0 Å². The van der Waals surface area contributed by atoms with Gasteiger partial charge >= 0.3 is 0 Å². The van der Waals surface area contributed by atoms with Crippen LogP contribution in [0.2, 0.25) is 0 Å². The summed E-state index contributed by atoms with van der Waals surface area (Å²) in [6.07, 6.45) is 2.41. The number of nitrogens with one attached hydrogen (secondary N) is 1. The van der Waals surface area contributed by atoms with Gasteiger partial charge in [-0.2, -0.15) is 0 Å². The SMILES string of the molecule is CNCC1CCCN(C(=O)C2C(C)(C)C2(C)C)C1. The Labute approximate surface area is 111 Å². The minimum Gasteiger partial charge on any atom is -0.342 e. The van der Waals surface area contributed by atoms with E-state index >= 15 is 0 Å². The molecule has 0 radical (unpaired) electrons. The second kappa shape index (κ2) is 4.52. The maximum Gasteiger partial charge on any atom is 0.226 e. The monoisotopic (exact) mass is 252 g/mol. The number of carbonyl (C=O) groups is 1. The van der Waals surface area contributed by atoms with Gasteiger partial charge in [0.2, 0.25) is 5.91 Å². The smallest absolute Gasteiger partial charge is 0.226 e. The highest BCUT2D eigenvalue weighted by atomic mass is 16.2. The predicted octanol–water partition coefficient (Wildman–Crippen LogP) is 2.13. The lowest BCUT2D eigenvalue weighted by molar-refractivity contribution is -0.135. The van der Waals surface area contributed by atoms with Crippen molar-refractivity contribution < 1.29 is 4.79 Å². The molecule has 2 aliphatic rings. The van der Waals surface area contributed by atoms with Crippen LogP contribution in [0.15, 0.2) is 0 Å². The number of hydrogen-bond acceptors (Lipinski definition) is 2. The zero-order valence-corrected chi connectivity index (χ0v) is 12.5. The van der Waals surface area contributed by atoms with Crippen LogP contribution in [-0.2, 0) is 4.79 Å². The van der Waals surface area contributed by atoms with Gasteiger partial charge in [-0.05, 0) is 43.2 Å². The van der Waals surface area contributed by atoms with Crippen molar-refractivity contribution in [3.05, 3.63) is 0 Å². The van der Waals surface area contributed by atoms with Gasteiger partial charge in [-0.15, -0.1) is 0 Å². The number of hydrogen-bond donors (Lipinski definition) is 1. The van der Waals surface area contributed by atoms with E-state index in [1.165, 1.54) is 6.42 Å². The van der Waals surface area contributed by atoms with Crippen LogP contribution >= 0.6 is 0 Å². The number of piperidine rings is 1. The molecular weight excluding hydrogens is 224 g/mol. The topological polar surface area (TPSA) is 32.3 Å². The van der Waals surface area contributed by atoms with Crippen molar-refractivity contribution in [3.8, 4) is 0 Å². The van der Waals surface area contributed by atoms with Gasteiger partial charge in [0.15, 0.2) is 0 Å². The average molecular weight is 252 g/mol. The fourth-order valence-electron chi connectivity index (χ4n) is 3.72. The van der Waals surface area contributed by atoms with E-state index < -0.39 is 0 Å². The first-order valence-corrected chi connectivity index (χ1v) is 7.25. The summed E-state index contributed by atoms with van der Waals surface area (Å²) < 4.78 is 0. The Bertz CT molecular complexity index is 319. The lowest BCUT2D eigenvalue weighted by Crippen LogP contribution is -2.43. The summed E-state index contributed by atoms with van der Waals surface area (Å²) in [5.74, 6) is 1.25. The number of nitrogens with zero attached hydrogens (tertiary/aromatic N) is 1. The molecule has 1 saturated carbocycles. The number of likely N-dealkylation sites (tertiary alicyclic amines) is 1. The van der Waals surface area contributed by atoms with Crippen LogP contribution in [0.25, 0.3) is 0 Å². The molecule has 1 atom stereocenters. The molecule has 104 valence electrons. The molecule has 1 amide bonds. The first-order chi connectivity index (χ1) is 8.32. The van der Waals surface area contributed by atoms with Gasteiger partial charge in [0.1, 0.15) is 0 Å². The molecule has 2 fully saturated rings. The van der Waals surface area contributed by atoms with Crippen molar-refractivity contribution in [2.75, 3.05) is 26.7 Å². The molecule has 1 aliphatic heterocycles. The molecule has 0 aromatic rings. The van der Waals surface area contributed by atoms with Crippen LogP contribution in [0.5, 0.6) is 0 Å².